The van der Waals surface area contributed by atoms with Crippen molar-refractivity contribution in [2.75, 3.05) is 38.0 Å². The van der Waals surface area contributed by atoms with Crippen LogP contribution >= 0.6 is 11.6 Å². The molecular weight excluding hydrogens is 436 g/mol. The van der Waals surface area contributed by atoms with Gasteiger partial charge in [0, 0.05) is 65.2 Å². The number of benzene rings is 3. The minimum atomic E-state index is -0.501. The third kappa shape index (κ3) is 4.69. The molecule has 1 atom stereocenters. The summed E-state index contributed by atoms with van der Waals surface area (Å²) in [7, 11) is 0. The Hall–Kier alpha value is -3.06. The van der Waals surface area contributed by atoms with E-state index in [1.54, 1.807) is 24.3 Å². The van der Waals surface area contributed by atoms with Gasteiger partial charge in [-0.05, 0) is 36.4 Å². The summed E-state index contributed by atoms with van der Waals surface area (Å²) in [5, 5.41) is 16.9. The van der Waals surface area contributed by atoms with Crippen molar-refractivity contribution < 1.29 is 9.90 Å². The second-order valence-corrected chi connectivity index (χ2v) is 8.96. The minimum Gasteiger partial charge on any atom is -0.390 e. The Balaban J connectivity index is 1.19. The second-order valence-electron chi connectivity index (χ2n) is 8.52. The lowest BCUT2D eigenvalue weighted by Gasteiger charge is -2.35. The number of urea groups is 1. The number of nitrogens with one attached hydrogen (secondary N) is 1. The lowest BCUT2D eigenvalue weighted by Crippen LogP contribution is -2.51. The summed E-state index contributed by atoms with van der Waals surface area (Å²) in [4.78, 5) is 16.6. The first kappa shape index (κ1) is 21.8. The first-order valence-electron chi connectivity index (χ1n) is 11.3. The number of aromatic nitrogens is 1. The fourth-order valence-corrected chi connectivity index (χ4v) is 4.76. The first-order valence-corrected chi connectivity index (χ1v) is 11.6. The molecule has 6 nitrogen and oxygen atoms in total. The molecule has 1 fully saturated rings. The Bertz CT molecular complexity index is 1210. The number of aliphatic hydroxyl groups excluding tert-OH is 1. The molecule has 0 saturated carbocycles. The van der Waals surface area contributed by atoms with E-state index in [1.165, 1.54) is 10.8 Å². The van der Waals surface area contributed by atoms with Gasteiger partial charge in [-0.3, -0.25) is 4.90 Å². The molecule has 0 bridgehead atoms. The molecule has 3 aromatic carbocycles. The fraction of sp³-hybridized carbons (Fsp3) is 0.269. The Morgan fingerprint density at radius 1 is 0.848 bits per heavy atom. The molecule has 1 aromatic heterocycles. The van der Waals surface area contributed by atoms with E-state index in [-0.39, 0.29) is 6.03 Å². The summed E-state index contributed by atoms with van der Waals surface area (Å²) < 4.78 is 2.21. The van der Waals surface area contributed by atoms with Crippen LogP contribution in [0.5, 0.6) is 0 Å². The van der Waals surface area contributed by atoms with Gasteiger partial charge in [0.25, 0.3) is 0 Å². The monoisotopic (exact) mass is 462 g/mol. The van der Waals surface area contributed by atoms with Crippen LogP contribution in [0.1, 0.15) is 0 Å². The van der Waals surface area contributed by atoms with Crippen molar-refractivity contribution in [2.45, 2.75) is 12.6 Å². The van der Waals surface area contributed by atoms with Gasteiger partial charge in [0.05, 0.1) is 12.6 Å². The van der Waals surface area contributed by atoms with Crippen LogP contribution in [0.4, 0.5) is 10.5 Å². The Morgan fingerprint density at radius 2 is 1.42 bits per heavy atom. The molecule has 4 aromatic rings. The Morgan fingerprint density at radius 3 is 2.03 bits per heavy atom. The number of nitrogens with zero attached hydrogens (tertiary/aromatic N) is 3. The standard InChI is InChI=1S/C26H27ClN4O2/c27-19-9-11-20(12-10-19)28-26(33)30-15-13-29(14-16-30)17-21(32)18-31-24-7-3-1-5-22(24)23-6-2-4-8-25(23)31/h1-12,21,32H,13-18H2,(H,28,33)/t21-/m1/s1. The lowest BCUT2D eigenvalue weighted by molar-refractivity contribution is 0.0749. The van der Waals surface area contributed by atoms with E-state index in [9.17, 15) is 9.90 Å². The van der Waals surface area contributed by atoms with Gasteiger partial charge < -0.3 is 19.9 Å². The quantitative estimate of drug-likeness (QED) is 0.453. The maximum atomic E-state index is 12.6. The summed E-state index contributed by atoms with van der Waals surface area (Å²) in [5.41, 5.74) is 3.01. The predicted octanol–water partition coefficient (Wildman–Crippen LogP) is 4.66. The number of fused-ring (bicyclic) bond motifs is 3. The molecule has 33 heavy (non-hydrogen) atoms. The van der Waals surface area contributed by atoms with Gasteiger partial charge in [0.15, 0.2) is 0 Å². The Labute approximate surface area is 198 Å². The zero-order valence-corrected chi connectivity index (χ0v) is 19.1. The molecule has 1 aliphatic rings. The summed E-state index contributed by atoms with van der Waals surface area (Å²) in [6.45, 7) is 3.83. The summed E-state index contributed by atoms with van der Waals surface area (Å²) >= 11 is 5.91. The zero-order valence-electron chi connectivity index (χ0n) is 18.3. The Kier molecular flexibility index (Phi) is 6.22. The maximum Gasteiger partial charge on any atom is 0.321 e. The SMILES string of the molecule is O=C(Nc1ccc(Cl)cc1)N1CCN(C[C@@H](O)Cn2c3ccccc3c3ccccc32)CC1. The van der Waals surface area contributed by atoms with Crippen LogP contribution in [-0.2, 0) is 6.54 Å². The smallest absolute Gasteiger partial charge is 0.321 e. The molecule has 2 N–H and O–H groups in total. The predicted molar refractivity (Wildman–Crippen MR) is 134 cm³/mol. The van der Waals surface area contributed by atoms with Crippen molar-refractivity contribution in [3.05, 3.63) is 77.8 Å². The number of amides is 2. The van der Waals surface area contributed by atoms with E-state index in [1.807, 2.05) is 17.0 Å². The molecule has 1 saturated heterocycles. The summed E-state index contributed by atoms with van der Waals surface area (Å²) in [6, 6.07) is 23.7. The van der Waals surface area contributed by atoms with Crippen LogP contribution in [0, 0.1) is 0 Å². The van der Waals surface area contributed by atoms with E-state index in [0.29, 0.717) is 31.2 Å². The van der Waals surface area contributed by atoms with E-state index >= 15 is 0 Å². The van der Waals surface area contributed by atoms with Crippen LogP contribution in [0.15, 0.2) is 72.8 Å². The van der Waals surface area contributed by atoms with E-state index in [4.69, 9.17) is 11.6 Å². The largest absolute Gasteiger partial charge is 0.390 e. The van der Waals surface area contributed by atoms with Gasteiger partial charge in [-0.15, -0.1) is 0 Å². The van der Waals surface area contributed by atoms with Gasteiger partial charge >= 0.3 is 6.03 Å². The van der Waals surface area contributed by atoms with Crippen molar-refractivity contribution in [3.63, 3.8) is 0 Å². The number of piperazine rings is 1. The number of halogens is 1. The van der Waals surface area contributed by atoms with Crippen LogP contribution in [0.2, 0.25) is 5.02 Å². The van der Waals surface area contributed by atoms with E-state index in [2.05, 4.69) is 51.2 Å². The van der Waals surface area contributed by atoms with Gasteiger partial charge in [0.1, 0.15) is 0 Å². The third-order valence-electron chi connectivity index (χ3n) is 6.30. The summed E-state index contributed by atoms with van der Waals surface area (Å²) in [5.74, 6) is 0. The molecule has 7 heteroatoms. The van der Waals surface area contributed by atoms with Crippen molar-refractivity contribution >= 4 is 45.1 Å². The first-order chi connectivity index (χ1) is 16.1. The maximum absolute atomic E-state index is 12.6. The highest BCUT2D eigenvalue weighted by Crippen LogP contribution is 2.29. The van der Waals surface area contributed by atoms with Crippen molar-refractivity contribution in [2.24, 2.45) is 0 Å². The molecular formula is C26H27ClN4O2. The average Bonchev–Trinajstić information content (AvgIpc) is 3.15. The van der Waals surface area contributed by atoms with Crippen LogP contribution in [0.25, 0.3) is 21.8 Å². The second kappa shape index (κ2) is 9.43. The van der Waals surface area contributed by atoms with Crippen LogP contribution in [0.3, 0.4) is 0 Å². The van der Waals surface area contributed by atoms with Crippen molar-refractivity contribution in [1.82, 2.24) is 14.4 Å². The van der Waals surface area contributed by atoms with Gasteiger partial charge in [0.2, 0.25) is 0 Å². The zero-order chi connectivity index (χ0) is 22.8. The van der Waals surface area contributed by atoms with E-state index < -0.39 is 6.10 Å². The average molecular weight is 463 g/mol. The number of aliphatic hydroxyl groups is 1. The molecule has 1 aliphatic heterocycles. The normalized spacial score (nSPS) is 15.8. The molecule has 0 spiro atoms. The molecule has 2 heterocycles. The third-order valence-corrected chi connectivity index (χ3v) is 6.55. The number of carbonyl (C=O) groups is 1. The number of para-hydroxylation sites is 2. The number of hydrogen-bond acceptors (Lipinski definition) is 3. The number of β-amino-alcohol motifs (C(OH)–C–C–N with tert-alkyl or cyclic N) is 1. The molecule has 0 aliphatic carbocycles. The number of carbonyl (C=O) groups excluding carboxylic acids is 1. The number of anilines is 1. The fourth-order valence-electron chi connectivity index (χ4n) is 4.64. The highest BCUT2D eigenvalue weighted by molar-refractivity contribution is 6.30. The van der Waals surface area contributed by atoms with Crippen molar-refractivity contribution in [3.8, 4) is 0 Å². The summed E-state index contributed by atoms with van der Waals surface area (Å²) in [6.07, 6.45) is -0.501. The topological polar surface area (TPSA) is 60.7 Å². The highest BCUT2D eigenvalue weighted by Gasteiger charge is 2.23. The molecule has 5 rings (SSSR count). The molecule has 2 amide bonds. The van der Waals surface area contributed by atoms with Gasteiger partial charge in [-0.1, -0.05) is 48.0 Å². The van der Waals surface area contributed by atoms with Crippen LogP contribution in [-0.4, -0.2) is 64.3 Å². The number of rotatable bonds is 5. The molecule has 0 radical (unpaired) electrons. The van der Waals surface area contributed by atoms with Crippen LogP contribution < -0.4 is 5.32 Å². The molecule has 0 unspecified atom stereocenters. The van der Waals surface area contributed by atoms with Gasteiger partial charge in [-0.25, -0.2) is 4.79 Å². The van der Waals surface area contributed by atoms with Gasteiger partial charge in [-0.2, -0.15) is 0 Å². The highest BCUT2D eigenvalue weighted by atomic mass is 35.5. The van der Waals surface area contributed by atoms with Crippen molar-refractivity contribution in [1.29, 1.82) is 0 Å². The molecule has 170 valence electrons. The lowest BCUT2D eigenvalue weighted by atomic mass is 10.2. The minimum absolute atomic E-state index is 0.109. The number of hydrogen-bond donors (Lipinski definition) is 2. The van der Waals surface area contributed by atoms with E-state index in [0.717, 1.165) is 29.8 Å².